The number of azo groups is 1. The zero-order valence-electron chi connectivity index (χ0n) is 12.3. The fraction of sp³-hybridized carbons (Fsp3) is 0.125. The summed E-state index contributed by atoms with van der Waals surface area (Å²) in [4.78, 5) is 12.4. The molecule has 0 unspecified atom stereocenters. The van der Waals surface area contributed by atoms with Crippen molar-refractivity contribution in [3.63, 3.8) is 0 Å². The summed E-state index contributed by atoms with van der Waals surface area (Å²) in [5.74, 6) is -0.402. The molecule has 2 rings (SSSR count). The van der Waals surface area contributed by atoms with E-state index in [0.29, 0.717) is 10.7 Å². The topological polar surface area (TPSA) is 90.7 Å². The maximum absolute atomic E-state index is 12.4. The average molecular weight is 329 g/mol. The highest BCUT2D eigenvalue weighted by Gasteiger charge is 2.18. The molecule has 6 nitrogen and oxygen atoms in total. The number of hydrogen-bond acceptors (Lipinski definition) is 5. The number of halogens is 1. The van der Waals surface area contributed by atoms with E-state index in [2.05, 4.69) is 16.8 Å². The van der Waals surface area contributed by atoms with Gasteiger partial charge in [0.05, 0.1) is 5.69 Å². The normalized spacial score (nSPS) is 10.7. The number of pyridine rings is 1. The van der Waals surface area contributed by atoms with Crippen LogP contribution in [0.5, 0.6) is 5.88 Å². The van der Waals surface area contributed by atoms with E-state index >= 15 is 0 Å². The van der Waals surface area contributed by atoms with Gasteiger partial charge in [0, 0.05) is 17.1 Å². The lowest BCUT2D eigenvalue weighted by Gasteiger charge is -2.11. The Kier molecular flexibility index (Phi) is 4.94. The van der Waals surface area contributed by atoms with Crippen molar-refractivity contribution in [2.45, 2.75) is 13.5 Å². The van der Waals surface area contributed by atoms with Gasteiger partial charge < -0.3 is 5.11 Å². The molecule has 0 amide bonds. The summed E-state index contributed by atoms with van der Waals surface area (Å²) in [6.45, 7) is 5.12. The van der Waals surface area contributed by atoms with Gasteiger partial charge in [0.1, 0.15) is 11.6 Å². The number of allylic oxidation sites excluding steroid dienone is 1. The number of rotatable bonds is 4. The van der Waals surface area contributed by atoms with Crippen molar-refractivity contribution in [2.24, 2.45) is 10.2 Å². The van der Waals surface area contributed by atoms with Crippen LogP contribution in [0.1, 0.15) is 11.1 Å². The zero-order chi connectivity index (χ0) is 17.0. The highest BCUT2D eigenvalue weighted by molar-refractivity contribution is 6.30. The van der Waals surface area contributed by atoms with E-state index in [-0.39, 0.29) is 23.4 Å². The zero-order valence-corrected chi connectivity index (χ0v) is 13.1. The standard InChI is InChI=1S/C16H13ClN4O2/c1-3-8-21-15(22)13(9-18)10(2)14(16(21)23)20-19-12-6-4-11(17)5-7-12/h3-7,22H,1,8H2,2H3. The van der Waals surface area contributed by atoms with Crippen LogP contribution in [0.15, 0.2) is 51.9 Å². The number of nitriles is 1. The van der Waals surface area contributed by atoms with Crippen molar-refractivity contribution < 1.29 is 5.11 Å². The SMILES string of the molecule is C=CCn1c(O)c(C#N)c(C)c(N=Nc2ccc(Cl)cc2)c1=O. The maximum Gasteiger partial charge on any atom is 0.281 e. The molecule has 0 fully saturated rings. The first-order valence-corrected chi connectivity index (χ1v) is 7.02. The molecule has 23 heavy (non-hydrogen) atoms. The van der Waals surface area contributed by atoms with Crippen LogP contribution in [0.4, 0.5) is 11.4 Å². The highest BCUT2D eigenvalue weighted by atomic mass is 35.5. The van der Waals surface area contributed by atoms with Crippen molar-refractivity contribution in [3.05, 3.63) is 63.4 Å². The molecule has 1 N–H and O–H groups in total. The van der Waals surface area contributed by atoms with Crippen LogP contribution in [0, 0.1) is 18.3 Å². The number of benzene rings is 1. The third kappa shape index (κ3) is 3.30. The average Bonchev–Trinajstić information content (AvgIpc) is 2.53. The Morgan fingerprint density at radius 3 is 2.61 bits per heavy atom. The second-order valence-corrected chi connectivity index (χ2v) is 5.10. The molecule has 1 aromatic heterocycles. The van der Waals surface area contributed by atoms with Crippen LogP contribution in [0.3, 0.4) is 0 Å². The molecule has 0 saturated carbocycles. The third-order valence-corrected chi connectivity index (χ3v) is 3.42. The second-order valence-electron chi connectivity index (χ2n) is 4.66. The first-order chi connectivity index (χ1) is 11.0. The van der Waals surface area contributed by atoms with Crippen molar-refractivity contribution in [2.75, 3.05) is 0 Å². The Morgan fingerprint density at radius 1 is 1.39 bits per heavy atom. The molecule has 1 heterocycles. The number of hydrogen-bond donors (Lipinski definition) is 1. The van der Waals surface area contributed by atoms with Crippen molar-refractivity contribution >= 4 is 23.0 Å². The summed E-state index contributed by atoms with van der Waals surface area (Å²) in [5, 5.41) is 27.7. The van der Waals surface area contributed by atoms with Crippen LogP contribution < -0.4 is 5.56 Å². The Hall–Kier alpha value is -2.91. The van der Waals surface area contributed by atoms with E-state index in [1.807, 2.05) is 6.07 Å². The summed E-state index contributed by atoms with van der Waals surface area (Å²) >= 11 is 5.79. The van der Waals surface area contributed by atoms with Gasteiger partial charge in [-0.25, -0.2) is 0 Å². The predicted octanol–water partition coefficient (Wildman–Crippen LogP) is 3.99. The number of aromatic hydroxyl groups is 1. The van der Waals surface area contributed by atoms with E-state index in [0.717, 1.165) is 4.57 Å². The lowest BCUT2D eigenvalue weighted by Crippen LogP contribution is -2.21. The Bertz CT molecular complexity index is 877. The second kappa shape index (κ2) is 6.90. The van der Waals surface area contributed by atoms with E-state index < -0.39 is 11.4 Å². The van der Waals surface area contributed by atoms with Gasteiger partial charge in [-0.3, -0.25) is 9.36 Å². The Balaban J connectivity index is 2.60. The maximum atomic E-state index is 12.4. The molecule has 0 radical (unpaired) electrons. The molecule has 0 bridgehead atoms. The minimum Gasteiger partial charge on any atom is -0.493 e. The number of nitrogens with zero attached hydrogens (tertiary/aromatic N) is 4. The molecule has 0 spiro atoms. The van der Waals surface area contributed by atoms with Gasteiger partial charge in [-0.2, -0.15) is 10.4 Å². The van der Waals surface area contributed by atoms with Gasteiger partial charge in [0.25, 0.3) is 5.56 Å². The van der Waals surface area contributed by atoms with E-state index in [1.165, 1.54) is 13.0 Å². The summed E-state index contributed by atoms with van der Waals surface area (Å²) in [7, 11) is 0. The Morgan fingerprint density at radius 2 is 2.04 bits per heavy atom. The van der Waals surface area contributed by atoms with Crippen molar-refractivity contribution in [3.8, 4) is 11.9 Å². The molecule has 0 aliphatic heterocycles. The smallest absolute Gasteiger partial charge is 0.281 e. The minimum atomic E-state index is -0.545. The van der Waals surface area contributed by atoms with Gasteiger partial charge in [-0.15, -0.1) is 11.7 Å². The molecule has 7 heteroatoms. The van der Waals surface area contributed by atoms with Crippen LogP contribution in [-0.4, -0.2) is 9.67 Å². The molecule has 116 valence electrons. The summed E-state index contributed by atoms with van der Waals surface area (Å²) < 4.78 is 1.02. The van der Waals surface area contributed by atoms with E-state index in [9.17, 15) is 15.2 Å². The molecular weight excluding hydrogens is 316 g/mol. The van der Waals surface area contributed by atoms with Crippen LogP contribution in [-0.2, 0) is 6.54 Å². The lowest BCUT2D eigenvalue weighted by molar-refractivity contribution is 0.414. The molecular formula is C16H13ClN4O2. The van der Waals surface area contributed by atoms with Crippen LogP contribution in [0.25, 0.3) is 0 Å². The molecule has 0 aliphatic carbocycles. The minimum absolute atomic E-state index is 0.00356. The first kappa shape index (κ1) is 16.5. The lowest BCUT2D eigenvalue weighted by atomic mass is 10.1. The monoisotopic (exact) mass is 328 g/mol. The van der Waals surface area contributed by atoms with Crippen molar-refractivity contribution in [1.29, 1.82) is 5.26 Å². The van der Waals surface area contributed by atoms with Crippen LogP contribution >= 0.6 is 11.6 Å². The quantitative estimate of drug-likeness (QED) is 0.679. The molecule has 2 aromatic rings. The molecule has 0 atom stereocenters. The van der Waals surface area contributed by atoms with Gasteiger partial charge >= 0.3 is 0 Å². The van der Waals surface area contributed by atoms with Gasteiger partial charge in [0.15, 0.2) is 5.69 Å². The summed E-state index contributed by atoms with van der Waals surface area (Å²) in [6.07, 6.45) is 1.44. The molecule has 0 saturated heterocycles. The fourth-order valence-electron chi connectivity index (χ4n) is 1.97. The summed E-state index contributed by atoms with van der Waals surface area (Å²) in [6, 6.07) is 8.47. The number of aromatic nitrogens is 1. The van der Waals surface area contributed by atoms with Gasteiger partial charge in [-0.05, 0) is 31.2 Å². The fourth-order valence-corrected chi connectivity index (χ4v) is 2.10. The van der Waals surface area contributed by atoms with Crippen molar-refractivity contribution in [1.82, 2.24) is 4.57 Å². The first-order valence-electron chi connectivity index (χ1n) is 6.64. The Labute approximate surface area is 137 Å². The van der Waals surface area contributed by atoms with E-state index in [1.54, 1.807) is 24.3 Å². The predicted molar refractivity (Wildman–Crippen MR) is 87.6 cm³/mol. The summed E-state index contributed by atoms with van der Waals surface area (Å²) in [5.41, 5.74) is 0.215. The van der Waals surface area contributed by atoms with Crippen LogP contribution in [0.2, 0.25) is 5.02 Å². The van der Waals surface area contributed by atoms with E-state index in [4.69, 9.17) is 11.6 Å². The largest absolute Gasteiger partial charge is 0.493 e. The molecule has 1 aromatic carbocycles. The molecule has 0 aliphatic rings. The third-order valence-electron chi connectivity index (χ3n) is 3.17. The van der Waals surface area contributed by atoms with Gasteiger partial charge in [-0.1, -0.05) is 17.7 Å². The van der Waals surface area contributed by atoms with Gasteiger partial charge in [0.2, 0.25) is 5.88 Å². The highest BCUT2D eigenvalue weighted by Crippen LogP contribution is 2.27.